The summed E-state index contributed by atoms with van der Waals surface area (Å²) >= 11 is 0. The maximum atomic E-state index is 12.3. The first-order valence-corrected chi connectivity index (χ1v) is 6.01. The Morgan fingerprint density at radius 1 is 1.24 bits per heavy atom. The molecule has 1 aromatic heterocycles. The van der Waals surface area contributed by atoms with Gasteiger partial charge in [-0.25, -0.2) is 0 Å². The van der Waals surface area contributed by atoms with E-state index < -0.39 is 11.9 Å². The van der Waals surface area contributed by atoms with Crippen molar-refractivity contribution in [3.05, 3.63) is 29.6 Å². The average molecular weight is 346 g/mol. The van der Waals surface area contributed by atoms with Crippen LogP contribution in [0.4, 0.5) is 13.2 Å². The lowest BCUT2D eigenvalue weighted by Crippen LogP contribution is -2.42. The van der Waals surface area contributed by atoms with Crippen LogP contribution in [0.1, 0.15) is 28.9 Å². The van der Waals surface area contributed by atoms with Crippen molar-refractivity contribution in [2.24, 2.45) is 0 Å². The highest BCUT2D eigenvalue weighted by Gasteiger charge is 2.32. The number of pyridine rings is 1. The number of carbonyl (C=O) groups is 1. The number of aromatic nitrogens is 1. The molecule has 1 aliphatic rings. The molecule has 1 aliphatic heterocycles. The van der Waals surface area contributed by atoms with Gasteiger partial charge in [0.15, 0.2) is 0 Å². The number of hydrogen-bond donors (Lipinski definition) is 2. The summed E-state index contributed by atoms with van der Waals surface area (Å²) in [4.78, 5) is 15.1. The standard InChI is InChI=1S/C12H14F3N3O.2ClH/c13-12(14,15)10-2-1-8(7-17-10)11(19)18-9-3-5-16-6-4-9;;/h1-2,7,9,16H,3-6H2,(H,18,19);2*1H. The van der Waals surface area contributed by atoms with E-state index in [1.54, 1.807) is 0 Å². The zero-order chi connectivity index (χ0) is 13.9. The van der Waals surface area contributed by atoms with Gasteiger partial charge in [-0.05, 0) is 38.1 Å². The first kappa shape index (κ1) is 19.9. The molecule has 4 nitrogen and oxygen atoms in total. The first-order valence-electron chi connectivity index (χ1n) is 6.01. The Hall–Kier alpha value is -1.05. The highest BCUT2D eigenvalue weighted by Crippen LogP contribution is 2.27. The third kappa shape index (κ3) is 5.68. The van der Waals surface area contributed by atoms with E-state index in [9.17, 15) is 18.0 Å². The smallest absolute Gasteiger partial charge is 0.349 e. The number of alkyl halides is 3. The quantitative estimate of drug-likeness (QED) is 0.865. The molecule has 2 heterocycles. The molecule has 0 aliphatic carbocycles. The Morgan fingerprint density at radius 3 is 2.33 bits per heavy atom. The minimum absolute atomic E-state index is 0. The van der Waals surface area contributed by atoms with Crippen molar-refractivity contribution in [3.8, 4) is 0 Å². The highest BCUT2D eigenvalue weighted by atomic mass is 35.5. The Balaban J connectivity index is 0.00000200. The summed E-state index contributed by atoms with van der Waals surface area (Å²) in [5, 5.41) is 5.96. The molecular weight excluding hydrogens is 330 g/mol. The Kier molecular flexibility index (Phi) is 7.99. The van der Waals surface area contributed by atoms with Gasteiger partial charge >= 0.3 is 6.18 Å². The van der Waals surface area contributed by atoms with Crippen molar-refractivity contribution in [1.82, 2.24) is 15.6 Å². The molecule has 1 amide bonds. The molecule has 1 saturated heterocycles. The molecular formula is C12H16Cl2F3N3O. The fraction of sp³-hybridized carbons (Fsp3) is 0.500. The summed E-state index contributed by atoms with van der Waals surface area (Å²) in [6, 6.07) is 2.03. The van der Waals surface area contributed by atoms with Crippen molar-refractivity contribution >= 4 is 30.7 Å². The molecule has 1 aromatic rings. The number of amides is 1. The van der Waals surface area contributed by atoms with Gasteiger partial charge in [-0.15, -0.1) is 24.8 Å². The molecule has 0 spiro atoms. The van der Waals surface area contributed by atoms with Gasteiger partial charge in [0, 0.05) is 12.2 Å². The number of nitrogens with zero attached hydrogens (tertiary/aromatic N) is 1. The van der Waals surface area contributed by atoms with Crippen LogP contribution in [0.3, 0.4) is 0 Å². The summed E-state index contributed by atoms with van der Waals surface area (Å²) in [7, 11) is 0. The fourth-order valence-corrected chi connectivity index (χ4v) is 1.93. The second-order valence-electron chi connectivity index (χ2n) is 4.43. The number of piperidine rings is 1. The molecule has 0 saturated carbocycles. The maximum absolute atomic E-state index is 12.3. The molecule has 21 heavy (non-hydrogen) atoms. The molecule has 9 heteroatoms. The van der Waals surface area contributed by atoms with E-state index in [-0.39, 0.29) is 42.3 Å². The van der Waals surface area contributed by atoms with Crippen LogP contribution in [0.5, 0.6) is 0 Å². The lowest BCUT2D eigenvalue weighted by Gasteiger charge is -2.23. The van der Waals surface area contributed by atoms with Gasteiger partial charge in [0.25, 0.3) is 5.91 Å². The van der Waals surface area contributed by atoms with E-state index in [2.05, 4.69) is 15.6 Å². The Morgan fingerprint density at radius 2 is 1.86 bits per heavy atom. The maximum Gasteiger partial charge on any atom is 0.433 e. The van der Waals surface area contributed by atoms with E-state index in [4.69, 9.17) is 0 Å². The van der Waals surface area contributed by atoms with E-state index in [0.717, 1.165) is 44.3 Å². The lowest BCUT2D eigenvalue weighted by molar-refractivity contribution is -0.141. The highest BCUT2D eigenvalue weighted by molar-refractivity contribution is 5.94. The fourth-order valence-electron chi connectivity index (χ4n) is 1.93. The monoisotopic (exact) mass is 345 g/mol. The predicted octanol–water partition coefficient (Wildman–Crippen LogP) is 2.43. The normalized spacial score (nSPS) is 15.6. The van der Waals surface area contributed by atoms with Crippen LogP contribution in [0.2, 0.25) is 0 Å². The zero-order valence-electron chi connectivity index (χ0n) is 10.9. The van der Waals surface area contributed by atoms with Crippen molar-refractivity contribution in [1.29, 1.82) is 0 Å². The van der Waals surface area contributed by atoms with Gasteiger partial charge in [0.2, 0.25) is 0 Å². The molecule has 0 aromatic carbocycles. The molecule has 0 unspecified atom stereocenters. The second kappa shape index (κ2) is 8.41. The van der Waals surface area contributed by atoms with E-state index in [1.165, 1.54) is 0 Å². The largest absolute Gasteiger partial charge is 0.433 e. The lowest BCUT2D eigenvalue weighted by atomic mass is 10.1. The summed E-state index contributed by atoms with van der Waals surface area (Å²) in [6.07, 6.45) is -1.89. The van der Waals surface area contributed by atoms with Gasteiger partial charge < -0.3 is 10.6 Å². The van der Waals surface area contributed by atoms with Gasteiger partial charge in [-0.1, -0.05) is 0 Å². The van der Waals surface area contributed by atoms with Crippen LogP contribution < -0.4 is 10.6 Å². The molecule has 2 N–H and O–H groups in total. The molecule has 120 valence electrons. The van der Waals surface area contributed by atoms with Gasteiger partial charge in [0.1, 0.15) is 5.69 Å². The number of halogens is 5. The molecule has 0 bridgehead atoms. The van der Waals surface area contributed by atoms with Crippen molar-refractivity contribution < 1.29 is 18.0 Å². The number of carbonyl (C=O) groups excluding carboxylic acids is 1. The number of hydrogen-bond acceptors (Lipinski definition) is 3. The summed E-state index contributed by atoms with van der Waals surface area (Å²) in [5.74, 6) is -0.381. The minimum atomic E-state index is -4.48. The zero-order valence-corrected chi connectivity index (χ0v) is 12.6. The van der Waals surface area contributed by atoms with E-state index in [1.807, 2.05) is 0 Å². The van der Waals surface area contributed by atoms with Gasteiger partial charge in [0.05, 0.1) is 5.56 Å². The Bertz CT molecular complexity index is 448. The molecule has 0 atom stereocenters. The van der Waals surface area contributed by atoms with E-state index >= 15 is 0 Å². The van der Waals surface area contributed by atoms with Crippen molar-refractivity contribution in [2.45, 2.75) is 25.1 Å². The summed E-state index contributed by atoms with van der Waals surface area (Å²) < 4.78 is 37.0. The second-order valence-corrected chi connectivity index (χ2v) is 4.43. The van der Waals surface area contributed by atoms with Crippen LogP contribution in [-0.2, 0) is 6.18 Å². The molecule has 1 fully saturated rings. The summed E-state index contributed by atoms with van der Waals surface area (Å²) in [6.45, 7) is 1.66. The third-order valence-electron chi connectivity index (χ3n) is 2.99. The molecule has 2 rings (SSSR count). The summed E-state index contributed by atoms with van der Waals surface area (Å²) in [5.41, 5.74) is -0.850. The van der Waals surface area contributed by atoms with Crippen LogP contribution in [-0.4, -0.2) is 30.0 Å². The number of nitrogens with one attached hydrogen (secondary N) is 2. The SMILES string of the molecule is Cl.Cl.O=C(NC1CCNCC1)c1ccc(C(F)(F)F)nc1. The van der Waals surface area contributed by atoms with E-state index in [0.29, 0.717) is 0 Å². The van der Waals surface area contributed by atoms with Gasteiger partial charge in [-0.3, -0.25) is 9.78 Å². The molecule has 0 radical (unpaired) electrons. The van der Waals surface area contributed by atoms with Crippen LogP contribution in [0, 0.1) is 0 Å². The first-order chi connectivity index (χ1) is 8.97. The number of rotatable bonds is 2. The average Bonchev–Trinajstić information content (AvgIpc) is 2.39. The van der Waals surface area contributed by atoms with Crippen molar-refractivity contribution in [2.75, 3.05) is 13.1 Å². The Labute approximate surface area is 132 Å². The third-order valence-corrected chi connectivity index (χ3v) is 2.99. The predicted molar refractivity (Wildman–Crippen MR) is 77.1 cm³/mol. The van der Waals surface area contributed by atoms with Crippen LogP contribution >= 0.6 is 24.8 Å². The topological polar surface area (TPSA) is 54.0 Å². The van der Waals surface area contributed by atoms with Gasteiger partial charge in [-0.2, -0.15) is 13.2 Å². The van der Waals surface area contributed by atoms with Crippen LogP contribution in [0.25, 0.3) is 0 Å². The van der Waals surface area contributed by atoms with Crippen LogP contribution in [0.15, 0.2) is 18.3 Å². The minimum Gasteiger partial charge on any atom is -0.349 e. The van der Waals surface area contributed by atoms with Crippen molar-refractivity contribution in [3.63, 3.8) is 0 Å².